The van der Waals surface area contributed by atoms with Crippen molar-refractivity contribution in [1.29, 1.82) is 0 Å². The Morgan fingerprint density at radius 3 is 2.71 bits per heavy atom. The third kappa shape index (κ3) is 2.19. The third-order valence-corrected chi connectivity index (χ3v) is 4.06. The Bertz CT molecular complexity index is 1130. The summed E-state index contributed by atoms with van der Waals surface area (Å²) in [7, 11) is 0. The molecule has 0 radical (unpaired) electrons. The number of halogens is 1. The molecule has 0 atom stereocenters. The standard InChI is InChI=1S/C18H15FN4O/c1-10(2)15-8-16-20-9-11-7-13(12-5-3-4-6-14(12)19)18(24)21-17(11)23(16)22-15/h3-10H,1-2H3,(H,21,24). The number of pyridine rings is 1. The maximum absolute atomic E-state index is 14.0. The number of nitrogens with zero attached hydrogens (tertiary/aromatic N) is 3. The summed E-state index contributed by atoms with van der Waals surface area (Å²) in [6.45, 7) is 4.09. The zero-order valence-electron chi connectivity index (χ0n) is 13.2. The van der Waals surface area contributed by atoms with Gasteiger partial charge >= 0.3 is 0 Å². The first-order valence-electron chi connectivity index (χ1n) is 7.71. The van der Waals surface area contributed by atoms with Crippen LogP contribution in [0.5, 0.6) is 0 Å². The molecule has 24 heavy (non-hydrogen) atoms. The van der Waals surface area contributed by atoms with Gasteiger partial charge in [-0.2, -0.15) is 9.61 Å². The fourth-order valence-corrected chi connectivity index (χ4v) is 2.75. The highest BCUT2D eigenvalue weighted by atomic mass is 19.1. The van der Waals surface area contributed by atoms with Gasteiger partial charge in [0.05, 0.1) is 11.3 Å². The van der Waals surface area contributed by atoms with E-state index in [9.17, 15) is 9.18 Å². The number of H-pyrrole nitrogens is 1. The molecular weight excluding hydrogens is 307 g/mol. The zero-order valence-corrected chi connectivity index (χ0v) is 13.2. The lowest BCUT2D eigenvalue weighted by atomic mass is 10.1. The number of fused-ring (bicyclic) bond motifs is 3. The fraction of sp³-hybridized carbons (Fsp3) is 0.167. The second-order valence-corrected chi connectivity index (χ2v) is 6.05. The topological polar surface area (TPSA) is 63.0 Å². The summed E-state index contributed by atoms with van der Waals surface area (Å²) in [4.78, 5) is 19.7. The van der Waals surface area contributed by atoms with Gasteiger partial charge in [0.2, 0.25) is 0 Å². The van der Waals surface area contributed by atoms with Crippen molar-refractivity contribution in [2.45, 2.75) is 19.8 Å². The van der Waals surface area contributed by atoms with Gasteiger partial charge in [-0.3, -0.25) is 4.79 Å². The number of nitrogens with one attached hydrogen (secondary N) is 1. The normalized spacial score (nSPS) is 11.7. The van der Waals surface area contributed by atoms with Crippen LogP contribution in [0.15, 0.2) is 47.4 Å². The maximum atomic E-state index is 14.0. The van der Waals surface area contributed by atoms with Crippen molar-refractivity contribution in [3.8, 4) is 11.1 Å². The van der Waals surface area contributed by atoms with Crippen LogP contribution in [-0.4, -0.2) is 19.6 Å². The van der Waals surface area contributed by atoms with Crippen LogP contribution in [0.2, 0.25) is 0 Å². The first kappa shape index (κ1) is 14.6. The highest BCUT2D eigenvalue weighted by Gasteiger charge is 2.13. The van der Waals surface area contributed by atoms with Gasteiger partial charge in [-0.1, -0.05) is 32.0 Å². The summed E-state index contributed by atoms with van der Waals surface area (Å²) < 4.78 is 15.6. The smallest absolute Gasteiger partial charge is 0.257 e. The van der Waals surface area contributed by atoms with Crippen LogP contribution < -0.4 is 5.56 Å². The molecule has 1 aromatic carbocycles. The van der Waals surface area contributed by atoms with Gasteiger partial charge in [0.15, 0.2) is 5.65 Å². The lowest BCUT2D eigenvalue weighted by Gasteiger charge is -2.05. The molecule has 0 aliphatic carbocycles. The van der Waals surface area contributed by atoms with Crippen molar-refractivity contribution < 1.29 is 4.39 Å². The summed E-state index contributed by atoms with van der Waals surface area (Å²) >= 11 is 0. The average Bonchev–Trinajstić information content (AvgIpc) is 3.00. The van der Waals surface area contributed by atoms with E-state index in [1.165, 1.54) is 6.07 Å². The molecule has 5 nitrogen and oxygen atoms in total. The molecular formula is C18H15FN4O. The van der Waals surface area contributed by atoms with Crippen LogP contribution in [0.25, 0.3) is 27.8 Å². The molecule has 0 aliphatic rings. The third-order valence-electron chi connectivity index (χ3n) is 4.06. The second kappa shape index (κ2) is 5.26. The molecule has 0 bridgehead atoms. The average molecular weight is 322 g/mol. The Morgan fingerprint density at radius 2 is 1.96 bits per heavy atom. The molecule has 0 spiro atoms. The minimum absolute atomic E-state index is 0.256. The lowest BCUT2D eigenvalue weighted by molar-refractivity contribution is 0.631. The number of hydrogen-bond donors (Lipinski definition) is 1. The molecule has 0 saturated heterocycles. The molecule has 4 aromatic rings. The van der Waals surface area contributed by atoms with Gasteiger partial charge in [0.1, 0.15) is 11.5 Å². The zero-order chi connectivity index (χ0) is 16.8. The van der Waals surface area contributed by atoms with Crippen LogP contribution >= 0.6 is 0 Å². The molecule has 0 fully saturated rings. The van der Waals surface area contributed by atoms with Crippen molar-refractivity contribution in [2.75, 3.05) is 0 Å². The molecule has 4 rings (SSSR count). The number of aromatic amines is 1. The highest BCUT2D eigenvalue weighted by Crippen LogP contribution is 2.23. The predicted molar refractivity (Wildman–Crippen MR) is 90.6 cm³/mol. The Kier molecular flexibility index (Phi) is 3.19. The van der Waals surface area contributed by atoms with Crippen molar-refractivity contribution >= 4 is 16.7 Å². The molecule has 0 unspecified atom stereocenters. The first-order chi connectivity index (χ1) is 11.5. The van der Waals surface area contributed by atoms with E-state index in [4.69, 9.17) is 0 Å². The van der Waals surface area contributed by atoms with E-state index in [0.29, 0.717) is 16.7 Å². The summed E-state index contributed by atoms with van der Waals surface area (Å²) in [5.74, 6) is -0.177. The van der Waals surface area contributed by atoms with Gasteiger partial charge in [-0.25, -0.2) is 9.37 Å². The van der Waals surface area contributed by atoms with E-state index in [2.05, 4.69) is 15.1 Å². The molecule has 3 heterocycles. The maximum Gasteiger partial charge on any atom is 0.257 e. The highest BCUT2D eigenvalue weighted by molar-refractivity contribution is 5.82. The molecule has 0 amide bonds. The largest absolute Gasteiger partial charge is 0.306 e. The Hall–Kier alpha value is -3.02. The first-order valence-corrected chi connectivity index (χ1v) is 7.71. The minimum atomic E-state index is -0.433. The predicted octanol–water partition coefficient (Wildman–Crippen LogP) is 3.50. The van der Waals surface area contributed by atoms with E-state index in [1.807, 2.05) is 19.9 Å². The molecule has 1 N–H and O–H groups in total. The van der Waals surface area contributed by atoms with Gasteiger partial charge in [-0.15, -0.1) is 0 Å². The lowest BCUT2D eigenvalue weighted by Crippen LogP contribution is -2.12. The Balaban J connectivity index is 2.01. The van der Waals surface area contributed by atoms with Crippen molar-refractivity contribution in [2.24, 2.45) is 0 Å². The van der Waals surface area contributed by atoms with Crippen molar-refractivity contribution in [1.82, 2.24) is 19.6 Å². The summed E-state index contributed by atoms with van der Waals surface area (Å²) in [6.07, 6.45) is 1.66. The monoisotopic (exact) mass is 322 g/mol. The molecule has 0 saturated carbocycles. The van der Waals surface area contributed by atoms with E-state index in [0.717, 1.165) is 5.69 Å². The molecule has 6 heteroatoms. The van der Waals surface area contributed by atoms with Gasteiger partial charge in [0, 0.05) is 23.2 Å². The number of benzene rings is 1. The van der Waals surface area contributed by atoms with E-state index < -0.39 is 5.82 Å². The van der Waals surface area contributed by atoms with Crippen LogP contribution in [0.1, 0.15) is 25.5 Å². The number of rotatable bonds is 2. The van der Waals surface area contributed by atoms with Gasteiger partial charge in [-0.05, 0) is 18.1 Å². The second-order valence-electron chi connectivity index (χ2n) is 6.05. The van der Waals surface area contributed by atoms with Crippen molar-refractivity contribution in [3.63, 3.8) is 0 Å². The minimum Gasteiger partial charge on any atom is -0.306 e. The Labute approximate surface area is 136 Å². The van der Waals surface area contributed by atoms with Crippen LogP contribution in [-0.2, 0) is 0 Å². The molecule has 3 aromatic heterocycles. The van der Waals surface area contributed by atoms with Crippen LogP contribution in [0.3, 0.4) is 0 Å². The number of hydrogen-bond acceptors (Lipinski definition) is 3. The van der Waals surface area contributed by atoms with E-state index in [1.54, 1.807) is 35.0 Å². The van der Waals surface area contributed by atoms with E-state index >= 15 is 0 Å². The SMILES string of the molecule is CC(C)c1cc2ncc3cc(-c4ccccc4F)c(=O)[nH]c3n2n1. The number of aromatic nitrogens is 4. The fourth-order valence-electron chi connectivity index (χ4n) is 2.75. The quantitative estimate of drug-likeness (QED) is 0.614. The molecule has 0 aliphatic heterocycles. The van der Waals surface area contributed by atoms with E-state index in [-0.39, 0.29) is 22.6 Å². The summed E-state index contributed by atoms with van der Waals surface area (Å²) in [5.41, 5.74) is 2.30. The Morgan fingerprint density at radius 1 is 1.17 bits per heavy atom. The summed E-state index contributed by atoms with van der Waals surface area (Å²) in [6, 6.07) is 9.76. The van der Waals surface area contributed by atoms with Crippen LogP contribution in [0, 0.1) is 5.82 Å². The van der Waals surface area contributed by atoms with Crippen LogP contribution in [0.4, 0.5) is 4.39 Å². The molecule has 120 valence electrons. The van der Waals surface area contributed by atoms with Gasteiger partial charge in [0.25, 0.3) is 5.56 Å². The van der Waals surface area contributed by atoms with Crippen molar-refractivity contribution in [3.05, 3.63) is 64.5 Å². The summed E-state index contributed by atoms with van der Waals surface area (Å²) in [5, 5.41) is 5.20. The van der Waals surface area contributed by atoms with Gasteiger partial charge < -0.3 is 4.98 Å².